The maximum atomic E-state index is 12.9. The third-order valence-electron chi connectivity index (χ3n) is 1.25. The van der Waals surface area contributed by atoms with E-state index in [1.807, 2.05) is 0 Å². The zero-order chi connectivity index (χ0) is 9.14. The van der Waals surface area contributed by atoms with Crippen LogP contribution in [-0.2, 0) is 0 Å². The summed E-state index contributed by atoms with van der Waals surface area (Å²) in [5.41, 5.74) is 0.138. The lowest BCUT2D eigenvalue weighted by Gasteiger charge is -1.99. The first kappa shape index (κ1) is 9.12. The molecule has 0 fully saturated rings. The molecule has 5 heteroatoms. The quantitative estimate of drug-likeness (QED) is 0.451. The summed E-state index contributed by atoms with van der Waals surface area (Å²) in [6, 6.07) is 1.90. The van der Waals surface area contributed by atoms with Crippen LogP contribution in [0.2, 0.25) is 0 Å². The Labute approximate surface area is 76.2 Å². The molecule has 0 saturated carbocycles. The Morgan fingerprint density at radius 2 is 2.08 bits per heavy atom. The van der Waals surface area contributed by atoms with Crippen LogP contribution in [0.15, 0.2) is 21.7 Å². The molecule has 0 atom stereocenters. The molecular formula is C7H5BrF2N2. The predicted octanol–water partition coefficient (Wildman–Crippen LogP) is 2.02. The summed E-state index contributed by atoms with van der Waals surface area (Å²) in [7, 11) is 0. The number of benzene rings is 1. The largest absolute Gasteiger partial charge is 0.323 e. The fourth-order valence-electron chi connectivity index (χ4n) is 0.751. The average molecular weight is 235 g/mol. The molecule has 1 aromatic carbocycles. The molecular weight excluding hydrogens is 230 g/mol. The maximum absolute atomic E-state index is 12.9. The fourth-order valence-corrected chi connectivity index (χ4v) is 1.26. The van der Waals surface area contributed by atoms with Crippen LogP contribution in [0, 0.1) is 11.6 Å². The normalized spacial score (nSPS) is 10.9. The van der Waals surface area contributed by atoms with Gasteiger partial charge in [-0.3, -0.25) is 0 Å². The molecule has 0 amide bonds. The third-order valence-corrected chi connectivity index (χ3v) is 1.90. The lowest BCUT2D eigenvalue weighted by atomic mass is 10.2. The summed E-state index contributed by atoms with van der Waals surface area (Å²) in [6.07, 6.45) is 1.11. The summed E-state index contributed by atoms with van der Waals surface area (Å²) >= 11 is 2.97. The summed E-state index contributed by atoms with van der Waals surface area (Å²) in [4.78, 5) is 0. The van der Waals surface area contributed by atoms with E-state index in [1.165, 1.54) is 0 Å². The van der Waals surface area contributed by atoms with E-state index in [4.69, 9.17) is 5.84 Å². The monoisotopic (exact) mass is 234 g/mol. The first-order valence-corrected chi connectivity index (χ1v) is 3.82. The number of nitrogens with two attached hydrogens (primary N) is 1. The lowest BCUT2D eigenvalue weighted by Crippen LogP contribution is -1.94. The van der Waals surface area contributed by atoms with Crippen molar-refractivity contribution >= 4 is 22.1 Å². The van der Waals surface area contributed by atoms with Crippen LogP contribution in [0.1, 0.15) is 5.56 Å². The summed E-state index contributed by atoms with van der Waals surface area (Å²) in [6.45, 7) is 0. The second kappa shape index (κ2) is 3.62. The van der Waals surface area contributed by atoms with Gasteiger partial charge in [0.25, 0.3) is 0 Å². The van der Waals surface area contributed by atoms with Crippen LogP contribution >= 0.6 is 15.9 Å². The van der Waals surface area contributed by atoms with Gasteiger partial charge in [0.1, 0.15) is 11.6 Å². The van der Waals surface area contributed by atoms with Crippen molar-refractivity contribution < 1.29 is 8.78 Å². The zero-order valence-corrected chi connectivity index (χ0v) is 7.48. The molecule has 0 aliphatic heterocycles. The van der Waals surface area contributed by atoms with Crippen LogP contribution < -0.4 is 5.84 Å². The number of rotatable bonds is 1. The SMILES string of the molecule is NN=Cc1c(F)cc(F)cc1Br. The van der Waals surface area contributed by atoms with E-state index < -0.39 is 11.6 Å². The third kappa shape index (κ3) is 1.79. The minimum atomic E-state index is -0.698. The highest BCUT2D eigenvalue weighted by Gasteiger charge is 2.06. The van der Waals surface area contributed by atoms with Crippen molar-refractivity contribution in [1.29, 1.82) is 0 Å². The van der Waals surface area contributed by atoms with Crippen molar-refractivity contribution in [2.45, 2.75) is 0 Å². The maximum Gasteiger partial charge on any atom is 0.136 e. The van der Waals surface area contributed by atoms with Gasteiger partial charge in [0.05, 0.1) is 6.21 Å². The first-order valence-electron chi connectivity index (χ1n) is 3.03. The first-order chi connectivity index (χ1) is 5.65. The molecule has 0 saturated heterocycles. The molecule has 0 radical (unpaired) electrons. The van der Waals surface area contributed by atoms with E-state index in [2.05, 4.69) is 21.0 Å². The molecule has 64 valence electrons. The van der Waals surface area contributed by atoms with Gasteiger partial charge in [0.15, 0.2) is 0 Å². The minimum absolute atomic E-state index is 0.138. The van der Waals surface area contributed by atoms with E-state index >= 15 is 0 Å². The molecule has 2 nitrogen and oxygen atoms in total. The molecule has 0 aliphatic carbocycles. The Morgan fingerprint density at radius 3 is 2.58 bits per heavy atom. The number of halogens is 3. The highest BCUT2D eigenvalue weighted by molar-refractivity contribution is 9.10. The molecule has 0 spiro atoms. The van der Waals surface area contributed by atoms with Crippen LogP contribution in [0.25, 0.3) is 0 Å². The Hall–Kier alpha value is -0.970. The lowest BCUT2D eigenvalue weighted by molar-refractivity contribution is 0.580. The van der Waals surface area contributed by atoms with Gasteiger partial charge >= 0.3 is 0 Å². The topological polar surface area (TPSA) is 38.4 Å². The number of hydrogen-bond acceptors (Lipinski definition) is 2. The second-order valence-corrected chi connectivity index (χ2v) is 2.92. The van der Waals surface area contributed by atoms with Gasteiger partial charge in [-0.1, -0.05) is 0 Å². The highest BCUT2D eigenvalue weighted by Crippen LogP contribution is 2.19. The Bertz CT molecular complexity index is 302. The van der Waals surface area contributed by atoms with Gasteiger partial charge in [0, 0.05) is 16.1 Å². The Kier molecular flexibility index (Phi) is 2.75. The standard InChI is InChI=1S/C7H5BrF2N2/c8-6-1-4(9)2-7(10)5(6)3-12-11/h1-3H,11H2. The van der Waals surface area contributed by atoms with E-state index in [1.54, 1.807) is 0 Å². The number of hydrazone groups is 1. The molecule has 0 heterocycles. The zero-order valence-electron chi connectivity index (χ0n) is 5.89. The van der Waals surface area contributed by atoms with E-state index in [-0.39, 0.29) is 10.0 Å². The predicted molar refractivity (Wildman–Crippen MR) is 45.8 cm³/mol. The minimum Gasteiger partial charge on any atom is -0.323 e. The summed E-state index contributed by atoms with van der Waals surface area (Å²) in [5, 5.41) is 3.14. The highest BCUT2D eigenvalue weighted by atomic mass is 79.9. The molecule has 2 N–H and O–H groups in total. The van der Waals surface area contributed by atoms with Gasteiger partial charge in [-0.25, -0.2) is 8.78 Å². The van der Waals surface area contributed by atoms with E-state index in [0.29, 0.717) is 0 Å². The fraction of sp³-hybridized carbons (Fsp3) is 0. The van der Waals surface area contributed by atoms with Gasteiger partial charge < -0.3 is 5.84 Å². The molecule has 0 unspecified atom stereocenters. The van der Waals surface area contributed by atoms with Crippen molar-refractivity contribution in [3.63, 3.8) is 0 Å². The molecule has 0 aromatic heterocycles. The van der Waals surface area contributed by atoms with Gasteiger partial charge in [-0.2, -0.15) is 5.10 Å². The van der Waals surface area contributed by atoms with Gasteiger partial charge in [0.2, 0.25) is 0 Å². The van der Waals surface area contributed by atoms with Gasteiger partial charge in [-0.05, 0) is 22.0 Å². The molecule has 12 heavy (non-hydrogen) atoms. The molecule has 0 bridgehead atoms. The van der Waals surface area contributed by atoms with Crippen molar-refractivity contribution in [1.82, 2.24) is 0 Å². The van der Waals surface area contributed by atoms with Crippen LogP contribution in [0.5, 0.6) is 0 Å². The van der Waals surface area contributed by atoms with Crippen LogP contribution in [0.3, 0.4) is 0 Å². The molecule has 1 rings (SSSR count). The van der Waals surface area contributed by atoms with Crippen LogP contribution in [0.4, 0.5) is 8.78 Å². The Morgan fingerprint density at radius 1 is 1.42 bits per heavy atom. The number of nitrogens with zero attached hydrogens (tertiary/aromatic N) is 1. The van der Waals surface area contributed by atoms with Crippen molar-refractivity contribution in [3.05, 3.63) is 33.8 Å². The van der Waals surface area contributed by atoms with Crippen LogP contribution in [-0.4, -0.2) is 6.21 Å². The number of hydrogen-bond donors (Lipinski definition) is 1. The Balaban J connectivity index is 3.28. The van der Waals surface area contributed by atoms with Crippen molar-refractivity contribution in [2.75, 3.05) is 0 Å². The van der Waals surface area contributed by atoms with E-state index in [0.717, 1.165) is 18.3 Å². The van der Waals surface area contributed by atoms with Crippen molar-refractivity contribution in [2.24, 2.45) is 10.9 Å². The second-order valence-electron chi connectivity index (χ2n) is 2.06. The summed E-state index contributed by atoms with van der Waals surface area (Å²) in [5.74, 6) is 3.48. The van der Waals surface area contributed by atoms with Gasteiger partial charge in [-0.15, -0.1) is 0 Å². The smallest absolute Gasteiger partial charge is 0.136 e. The molecule has 0 aliphatic rings. The summed E-state index contributed by atoms with van der Waals surface area (Å²) < 4.78 is 25.7. The van der Waals surface area contributed by atoms with Crippen molar-refractivity contribution in [3.8, 4) is 0 Å². The average Bonchev–Trinajstić information content (AvgIpc) is 1.96. The molecule has 1 aromatic rings. The van der Waals surface area contributed by atoms with E-state index in [9.17, 15) is 8.78 Å².